The number of rotatable bonds is 3. The first-order chi connectivity index (χ1) is 8.13. The van der Waals surface area contributed by atoms with Crippen molar-refractivity contribution >= 4 is 0 Å². The predicted molar refractivity (Wildman–Crippen MR) is 70.0 cm³/mol. The van der Waals surface area contributed by atoms with Crippen LogP contribution in [-0.4, -0.2) is 18.1 Å². The Morgan fingerprint density at radius 2 is 2.24 bits per heavy atom. The van der Waals surface area contributed by atoms with E-state index in [9.17, 15) is 0 Å². The molecule has 0 spiro atoms. The Balaban J connectivity index is 1.85. The van der Waals surface area contributed by atoms with Gasteiger partial charge in [0.25, 0.3) is 0 Å². The fraction of sp³-hybridized carbons (Fsp3) is 0.667. The summed E-state index contributed by atoms with van der Waals surface area (Å²) in [5.41, 5.74) is 3.36. The third-order valence-electron chi connectivity index (χ3n) is 4.79. The summed E-state index contributed by atoms with van der Waals surface area (Å²) < 4.78 is 0. The van der Waals surface area contributed by atoms with E-state index in [0.717, 1.165) is 5.92 Å². The average molecular weight is 230 g/mol. The summed E-state index contributed by atoms with van der Waals surface area (Å²) in [4.78, 5) is 4.63. The Hall–Kier alpha value is -0.890. The minimum absolute atomic E-state index is 0.533. The Labute approximate surface area is 104 Å². The van der Waals surface area contributed by atoms with E-state index in [1.54, 1.807) is 0 Å². The fourth-order valence-corrected chi connectivity index (χ4v) is 3.60. The van der Waals surface area contributed by atoms with Crippen LogP contribution in [0.25, 0.3) is 0 Å². The Kier molecular flexibility index (Phi) is 2.51. The van der Waals surface area contributed by atoms with E-state index < -0.39 is 0 Å². The lowest BCUT2D eigenvalue weighted by atomic mass is 9.90. The molecule has 17 heavy (non-hydrogen) atoms. The molecule has 3 atom stereocenters. The summed E-state index contributed by atoms with van der Waals surface area (Å²) in [7, 11) is 2.11. The van der Waals surface area contributed by atoms with Crippen LogP contribution in [0.15, 0.2) is 18.3 Å². The molecule has 1 N–H and O–H groups in total. The quantitative estimate of drug-likeness (QED) is 0.863. The first-order valence-corrected chi connectivity index (χ1v) is 6.74. The van der Waals surface area contributed by atoms with Crippen LogP contribution in [0.2, 0.25) is 0 Å². The molecule has 0 bridgehead atoms. The molecule has 1 heterocycles. The molecule has 92 valence electrons. The Morgan fingerprint density at radius 3 is 2.88 bits per heavy atom. The number of fused-ring (bicyclic) bond motifs is 1. The number of nitrogens with one attached hydrogen (secondary N) is 1. The molecular formula is C15H22N2. The highest BCUT2D eigenvalue weighted by Crippen LogP contribution is 2.56. The topological polar surface area (TPSA) is 24.9 Å². The van der Waals surface area contributed by atoms with Crippen LogP contribution >= 0.6 is 0 Å². The molecular weight excluding hydrogens is 208 g/mol. The molecule has 0 saturated heterocycles. The summed E-state index contributed by atoms with van der Waals surface area (Å²) in [6, 6.07) is 4.92. The van der Waals surface area contributed by atoms with Crippen molar-refractivity contribution < 1.29 is 0 Å². The van der Waals surface area contributed by atoms with Gasteiger partial charge in [-0.1, -0.05) is 19.9 Å². The average Bonchev–Trinajstić information content (AvgIpc) is 2.76. The highest BCUT2D eigenvalue weighted by Gasteiger charge is 2.52. The molecule has 1 saturated carbocycles. The zero-order valence-electron chi connectivity index (χ0n) is 11.0. The summed E-state index contributed by atoms with van der Waals surface area (Å²) in [6.07, 6.45) is 5.78. The van der Waals surface area contributed by atoms with Gasteiger partial charge in [0.05, 0.1) is 0 Å². The van der Waals surface area contributed by atoms with Gasteiger partial charge in [-0.15, -0.1) is 0 Å². The van der Waals surface area contributed by atoms with Gasteiger partial charge in [0.1, 0.15) is 0 Å². The number of hydrogen-bond donors (Lipinski definition) is 1. The molecule has 0 aromatic carbocycles. The number of nitrogens with zero attached hydrogens (tertiary/aromatic N) is 1. The van der Waals surface area contributed by atoms with Gasteiger partial charge in [0.15, 0.2) is 0 Å². The van der Waals surface area contributed by atoms with Crippen molar-refractivity contribution in [1.82, 2.24) is 10.3 Å². The standard InChI is InChI=1S/C15H22N2/c1-15(2)9-12(15)14(16-3)11-7-6-10-5-4-8-17-13(10)11/h4-5,8,11-12,14,16H,6-7,9H2,1-3H3. The second-order valence-electron chi connectivity index (χ2n) is 6.31. The van der Waals surface area contributed by atoms with Crippen LogP contribution < -0.4 is 5.32 Å². The maximum atomic E-state index is 4.63. The van der Waals surface area contributed by atoms with Crippen molar-refractivity contribution in [3.05, 3.63) is 29.6 Å². The van der Waals surface area contributed by atoms with Crippen molar-refractivity contribution in [2.45, 2.75) is 45.1 Å². The van der Waals surface area contributed by atoms with E-state index in [1.165, 1.54) is 30.5 Å². The summed E-state index contributed by atoms with van der Waals surface area (Å²) in [6.45, 7) is 4.77. The molecule has 2 aliphatic rings. The minimum atomic E-state index is 0.533. The Morgan fingerprint density at radius 1 is 1.47 bits per heavy atom. The number of aromatic nitrogens is 1. The van der Waals surface area contributed by atoms with Crippen molar-refractivity contribution in [3.63, 3.8) is 0 Å². The lowest BCUT2D eigenvalue weighted by Gasteiger charge is -2.25. The van der Waals surface area contributed by atoms with Crippen LogP contribution in [0, 0.1) is 11.3 Å². The number of pyridine rings is 1. The smallest absolute Gasteiger partial charge is 0.0482 e. The predicted octanol–water partition coefficient (Wildman–Crippen LogP) is 2.75. The molecule has 1 aromatic rings. The van der Waals surface area contributed by atoms with E-state index in [1.807, 2.05) is 6.20 Å². The molecule has 1 fully saturated rings. The van der Waals surface area contributed by atoms with Gasteiger partial charge in [-0.3, -0.25) is 4.98 Å². The number of hydrogen-bond acceptors (Lipinski definition) is 2. The monoisotopic (exact) mass is 230 g/mol. The maximum absolute atomic E-state index is 4.63. The van der Waals surface area contributed by atoms with E-state index in [-0.39, 0.29) is 0 Å². The van der Waals surface area contributed by atoms with Gasteiger partial charge in [0.2, 0.25) is 0 Å². The first-order valence-electron chi connectivity index (χ1n) is 6.74. The van der Waals surface area contributed by atoms with Gasteiger partial charge in [0, 0.05) is 23.9 Å². The van der Waals surface area contributed by atoms with Crippen molar-refractivity contribution in [3.8, 4) is 0 Å². The third-order valence-corrected chi connectivity index (χ3v) is 4.79. The lowest BCUT2D eigenvalue weighted by Crippen LogP contribution is -2.35. The highest BCUT2D eigenvalue weighted by molar-refractivity contribution is 5.31. The van der Waals surface area contributed by atoms with Crippen LogP contribution in [-0.2, 0) is 6.42 Å². The van der Waals surface area contributed by atoms with Crippen molar-refractivity contribution in [1.29, 1.82) is 0 Å². The fourth-order valence-electron chi connectivity index (χ4n) is 3.60. The van der Waals surface area contributed by atoms with Gasteiger partial charge in [-0.25, -0.2) is 0 Å². The molecule has 3 unspecified atom stereocenters. The molecule has 2 aliphatic carbocycles. The second kappa shape index (κ2) is 3.81. The molecule has 0 amide bonds. The van der Waals surface area contributed by atoms with Crippen molar-refractivity contribution in [2.24, 2.45) is 11.3 Å². The van der Waals surface area contributed by atoms with Crippen molar-refractivity contribution in [2.75, 3.05) is 7.05 Å². The Bertz CT molecular complexity index is 425. The maximum Gasteiger partial charge on any atom is 0.0482 e. The summed E-state index contributed by atoms with van der Waals surface area (Å²) in [5, 5.41) is 3.56. The molecule has 0 radical (unpaired) electrons. The van der Waals surface area contributed by atoms with E-state index >= 15 is 0 Å². The van der Waals surface area contributed by atoms with Crippen LogP contribution in [0.3, 0.4) is 0 Å². The van der Waals surface area contributed by atoms with E-state index in [4.69, 9.17) is 0 Å². The van der Waals surface area contributed by atoms with Crippen LogP contribution in [0.5, 0.6) is 0 Å². The SMILES string of the molecule is CNC(C1CCc2cccnc21)C1CC1(C)C. The van der Waals surface area contributed by atoms with E-state index in [0.29, 0.717) is 17.4 Å². The molecule has 0 aliphatic heterocycles. The van der Waals surface area contributed by atoms with E-state index in [2.05, 4.69) is 43.3 Å². The molecule has 2 heteroatoms. The zero-order chi connectivity index (χ0) is 12.0. The largest absolute Gasteiger partial charge is 0.316 e. The highest BCUT2D eigenvalue weighted by atomic mass is 14.9. The number of aryl methyl sites for hydroxylation is 1. The molecule has 1 aromatic heterocycles. The zero-order valence-corrected chi connectivity index (χ0v) is 11.0. The molecule has 3 rings (SSSR count). The molecule has 2 nitrogen and oxygen atoms in total. The van der Waals surface area contributed by atoms with Gasteiger partial charge in [-0.05, 0) is 49.3 Å². The normalized spacial score (nSPS) is 31.0. The second-order valence-corrected chi connectivity index (χ2v) is 6.31. The lowest BCUT2D eigenvalue weighted by molar-refractivity contribution is 0.365. The van der Waals surface area contributed by atoms with Crippen LogP contribution in [0.4, 0.5) is 0 Å². The summed E-state index contributed by atoms with van der Waals surface area (Å²) >= 11 is 0. The van der Waals surface area contributed by atoms with Gasteiger partial charge >= 0.3 is 0 Å². The van der Waals surface area contributed by atoms with Crippen LogP contribution in [0.1, 0.15) is 43.9 Å². The third kappa shape index (κ3) is 1.79. The van der Waals surface area contributed by atoms with Gasteiger partial charge in [-0.2, -0.15) is 0 Å². The minimum Gasteiger partial charge on any atom is -0.316 e. The first kappa shape index (κ1) is 11.2. The van der Waals surface area contributed by atoms with Gasteiger partial charge < -0.3 is 5.32 Å². The summed E-state index contributed by atoms with van der Waals surface area (Å²) in [5.74, 6) is 1.45. The number of likely N-dealkylation sites (N-methyl/N-ethyl adjacent to an activating group) is 1.